The molecule has 2 aliphatic rings. The van der Waals surface area contributed by atoms with Crippen LogP contribution in [0.2, 0.25) is 0 Å². The second-order valence-electron chi connectivity index (χ2n) is 10.1. The largest absolute Gasteiger partial charge is 0.333 e. The smallest absolute Gasteiger partial charge is 0.332 e. The van der Waals surface area contributed by atoms with E-state index < -0.39 is 12.2 Å². The number of thiazole rings is 1. The highest BCUT2D eigenvalue weighted by Crippen LogP contribution is 2.31. The second-order valence-corrected chi connectivity index (χ2v) is 10.9. The molecule has 4 amide bonds. The molecule has 2 atom stereocenters. The molecular weight excluding hydrogens is 524 g/mol. The summed E-state index contributed by atoms with van der Waals surface area (Å²) in [6.45, 7) is 1.10. The third-order valence-electron chi connectivity index (χ3n) is 7.60. The lowest BCUT2D eigenvalue weighted by atomic mass is 10.00. The fourth-order valence-corrected chi connectivity index (χ4v) is 6.36. The van der Waals surface area contributed by atoms with E-state index in [4.69, 9.17) is 0 Å². The molecule has 10 heteroatoms. The Hall–Kier alpha value is -4.28. The minimum absolute atomic E-state index is 0.0246. The van der Waals surface area contributed by atoms with Gasteiger partial charge in [-0.1, -0.05) is 72.8 Å². The van der Waals surface area contributed by atoms with Gasteiger partial charge in [0.05, 0.1) is 28.8 Å². The number of aromatic nitrogens is 1. The molecule has 204 valence electrons. The number of hydrazine groups is 1. The highest BCUT2D eigenvalue weighted by atomic mass is 32.1. The lowest BCUT2D eigenvalue weighted by Crippen LogP contribution is -2.65. The Labute approximate surface area is 236 Å². The third kappa shape index (κ3) is 5.03. The molecule has 9 nitrogen and oxygen atoms in total. The highest BCUT2D eigenvalue weighted by Gasteiger charge is 2.51. The summed E-state index contributed by atoms with van der Waals surface area (Å²) in [5.74, 6) is -0.251. The molecular formula is C30H30N6O3S. The van der Waals surface area contributed by atoms with Crippen molar-refractivity contribution in [3.63, 3.8) is 0 Å². The Morgan fingerprint density at radius 3 is 2.48 bits per heavy atom. The first-order valence-electron chi connectivity index (χ1n) is 13.3. The first kappa shape index (κ1) is 26.0. The lowest BCUT2D eigenvalue weighted by Gasteiger charge is -2.45. The van der Waals surface area contributed by atoms with E-state index in [0.717, 1.165) is 26.9 Å². The third-order valence-corrected chi connectivity index (χ3v) is 8.52. The number of hydrogen-bond donors (Lipinski definition) is 1. The number of amides is 4. The number of urea groups is 1. The van der Waals surface area contributed by atoms with Crippen LogP contribution in [0.15, 0.2) is 84.4 Å². The zero-order valence-corrected chi connectivity index (χ0v) is 23.0. The predicted molar refractivity (Wildman–Crippen MR) is 153 cm³/mol. The van der Waals surface area contributed by atoms with Gasteiger partial charge >= 0.3 is 6.03 Å². The van der Waals surface area contributed by atoms with Crippen molar-refractivity contribution in [1.82, 2.24) is 30.1 Å². The Morgan fingerprint density at radius 2 is 1.73 bits per heavy atom. The number of nitrogens with zero attached hydrogens (tertiary/aromatic N) is 5. The van der Waals surface area contributed by atoms with Crippen LogP contribution in [0.4, 0.5) is 4.79 Å². The SMILES string of the molecule is CN(C(=O)NCc1ccccc1)N1CC(=O)N2[C@@H](Cc3ccccc3)C(=O)N(Cc3cccc4ncsc34)C[C@@H]21. The number of carbonyl (C=O) groups excluding carboxylic acids is 3. The Morgan fingerprint density at radius 1 is 1.00 bits per heavy atom. The van der Waals surface area contributed by atoms with Crippen molar-refractivity contribution in [1.29, 1.82) is 0 Å². The van der Waals surface area contributed by atoms with Gasteiger partial charge in [-0.2, -0.15) is 5.01 Å². The molecule has 2 saturated heterocycles. The van der Waals surface area contributed by atoms with Gasteiger partial charge in [0.2, 0.25) is 11.8 Å². The van der Waals surface area contributed by atoms with Crippen molar-refractivity contribution in [3.05, 3.63) is 101 Å². The second kappa shape index (κ2) is 11.1. The first-order chi connectivity index (χ1) is 19.5. The molecule has 0 unspecified atom stereocenters. The summed E-state index contributed by atoms with van der Waals surface area (Å²) < 4.78 is 1.05. The summed E-state index contributed by atoms with van der Waals surface area (Å²) in [5, 5.41) is 6.19. The number of nitrogens with one attached hydrogen (secondary N) is 1. The van der Waals surface area contributed by atoms with Crippen molar-refractivity contribution < 1.29 is 14.4 Å². The van der Waals surface area contributed by atoms with E-state index in [1.165, 1.54) is 5.01 Å². The van der Waals surface area contributed by atoms with Gasteiger partial charge in [-0.25, -0.2) is 9.78 Å². The summed E-state index contributed by atoms with van der Waals surface area (Å²) in [6.07, 6.45) is -0.0620. The fraction of sp³-hybridized carbons (Fsp3) is 0.267. The number of carbonyl (C=O) groups is 3. The zero-order chi connectivity index (χ0) is 27.6. The van der Waals surface area contributed by atoms with Gasteiger partial charge in [-0.3, -0.25) is 14.6 Å². The van der Waals surface area contributed by atoms with Crippen LogP contribution in [-0.4, -0.2) is 75.0 Å². The van der Waals surface area contributed by atoms with Gasteiger partial charge in [0.25, 0.3) is 0 Å². The molecule has 1 aromatic heterocycles. The number of rotatable bonds is 7. The van der Waals surface area contributed by atoms with Gasteiger partial charge in [0, 0.05) is 26.6 Å². The average Bonchev–Trinajstić information content (AvgIpc) is 3.59. The molecule has 4 aromatic rings. The summed E-state index contributed by atoms with van der Waals surface area (Å²) in [7, 11) is 1.67. The summed E-state index contributed by atoms with van der Waals surface area (Å²) >= 11 is 1.55. The van der Waals surface area contributed by atoms with E-state index in [1.54, 1.807) is 28.3 Å². The van der Waals surface area contributed by atoms with Crippen LogP contribution >= 0.6 is 11.3 Å². The van der Waals surface area contributed by atoms with Crippen LogP contribution in [0.1, 0.15) is 16.7 Å². The van der Waals surface area contributed by atoms with Gasteiger partial charge in [0.1, 0.15) is 12.2 Å². The minimum atomic E-state index is -0.667. The van der Waals surface area contributed by atoms with Crippen LogP contribution in [0.25, 0.3) is 10.2 Å². The Balaban J connectivity index is 1.27. The van der Waals surface area contributed by atoms with Crippen molar-refractivity contribution >= 4 is 39.4 Å². The van der Waals surface area contributed by atoms with E-state index in [0.29, 0.717) is 26.1 Å². The quantitative estimate of drug-likeness (QED) is 0.378. The van der Waals surface area contributed by atoms with Crippen LogP contribution in [0, 0.1) is 0 Å². The molecule has 0 spiro atoms. The van der Waals surface area contributed by atoms with Crippen molar-refractivity contribution in [3.8, 4) is 0 Å². The highest BCUT2D eigenvalue weighted by molar-refractivity contribution is 7.16. The van der Waals surface area contributed by atoms with Gasteiger partial charge in [-0.05, 0) is 22.8 Å². The number of benzene rings is 3. The van der Waals surface area contributed by atoms with Crippen LogP contribution in [-0.2, 0) is 29.1 Å². The predicted octanol–water partition coefficient (Wildman–Crippen LogP) is 3.48. The number of fused-ring (bicyclic) bond motifs is 2. The molecule has 0 aliphatic carbocycles. The van der Waals surface area contributed by atoms with E-state index in [1.807, 2.05) is 89.3 Å². The maximum Gasteiger partial charge on any atom is 0.332 e. The number of hydrogen-bond acceptors (Lipinski definition) is 6. The maximum atomic E-state index is 14.0. The van der Waals surface area contributed by atoms with E-state index in [2.05, 4.69) is 10.3 Å². The van der Waals surface area contributed by atoms with Crippen LogP contribution < -0.4 is 5.32 Å². The normalized spacial score (nSPS) is 19.2. The van der Waals surface area contributed by atoms with Gasteiger partial charge < -0.3 is 15.1 Å². The topological polar surface area (TPSA) is 89.1 Å². The molecule has 3 aromatic carbocycles. The van der Waals surface area contributed by atoms with Crippen molar-refractivity contribution in [2.45, 2.75) is 31.7 Å². The maximum absolute atomic E-state index is 14.0. The van der Waals surface area contributed by atoms with Crippen LogP contribution in [0.5, 0.6) is 0 Å². The average molecular weight is 555 g/mol. The fourth-order valence-electron chi connectivity index (χ4n) is 5.57. The van der Waals surface area contributed by atoms with Crippen LogP contribution in [0.3, 0.4) is 0 Å². The van der Waals surface area contributed by atoms with Gasteiger partial charge in [0.15, 0.2) is 0 Å². The van der Waals surface area contributed by atoms with E-state index in [9.17, 15) is 14.4 Å². The molecule has 6 rings (SSSR count). The Bertz CT molecular complexity index is 1530. The van der Waals surface area contributed by atoms with Crippen molar-refractivity contribution in [2.24, 2.45) is 0 Å². The molecule has 2 aliphatic heterocycles. The summed E-state index contributed by atoms with van der Waals surface area (Å²) in [6, 6.07) is 24.4. The van der Waals surface area contributed by atoms with E-state index >= 15 is 0 Å². The number of piperazine rings is 1. The van der Waals surface area contributed by atoms with E-state index in [-0.39, 0.29) is 24.4 Å². The summed E-state index contributed by atoms with van der Waals surface area (Å²) in [4.78, 5) is 48.5. The van der Waals surface area contributed by atoms with Crippen molar-refractivity contribution in [2.75, 3.05) is 20.1 Å². The molecule has 2 fully saturated rings. The molecule has 0 bridgehead atoms. The molecule has 0 radical (unpaired) electrons. The zero-order valence-electron chi connectivity index (χ0n) is 22.1. The molecule has 0 saturated carbocycles. The first-order valence-corrected chi connectivity index (χ1v) is 14.1. The molecule has 40 heavy (non-hydrogen) atoms. The minimum Gasteiger partial charge on any atom is -0.333 e. The molecule has 1 N–H and O–H groups in total. The Kier molecular flexibility index (Phi) is 7.19. The monoisotopic (exact) mass is 554 g/mol. The summed E-state index contributed by atoms with van der Waals surface area (Å²) in [5.41, 5.74) is 5.70. The standard InChI is InChI=1S/C30H30N6O3S/c1-33(30(39)31-16-22-11-6-3-7-12-22)35-19-27(37)36-25(15-21-9-4-2-5-10-21)29(38)34(18-26(35)36)17-23-13-8-14-24-28(23)40-20-32-24/h2-14,20,25-26H,15-19H2,1H3,(H,31,39)/t25-,26+/m0/s1. The molecule has 3 heterocycles. The lowest BCUT2D eigenvalue weighted by molar-refractivity contribution is -0.157. The van der Waals surface area contributed by atoms with Gasteiger partial charge in [-0.15, -0.1) is 11.3 Å².